The zero-order valence-corrected chi connectivity index (χ0v) is 14.3. The highest BCUT2D eigenvalue weighted by Gasteiger charge is 2.16. The average molecular weight is 406 g/mol. The summed E-state index contributed by atoms with van der Waals surface area (Å²) in [6.07, 6.45) is 0.785. The Morgan fingerprint density at radius 2 is 2.11 bits per heavy atom. The van der Waals surface area contributed by atoms with E-state index in [-0.39, 0.29) is 6.04 Å². The molecule has 0 spiro atoms. The molecule has 1 atom stereocenters. The maximum absolute atomic E-state index is 5.69. The number of methoxy groups -OCH3 is 1. The fraction of sp³-hybridized carbons (Fsp3) is 0.231. The standard InChI is InChI=1S/C13H14Br2N2OS/c1-18-9-2-3-10(14)8(6-9)7-12(17-16)13-11(15)4-5-19-13/h2-6,12,17H,7,16H2,1H3. The number of hydrogen-bond acceptors (Lipinski definition) is 4. The first-order valence-electron chi connectivity index (χ1n) is 5.67. The summed E-state index contributed by atoms with van der Waals surface area (Å²) in [6, 6.07) is 8.05. The van der Waals surface area contributed by atoms with Crippen LogP contribution in [-0.2, 0) is 6.42 Å². The van der Waals surface area contributed by atoms with Gasteiger partial charge in [0, 0.05) is 13.8 Å². The molecule has 2 aromatic rings. The Morgan fingerprint density at radius 3 is 2.68 bits per heavy atom. The van der Waals surface area contributed by atoms with Crippen LogP contribution in [0.4, 0.5) is 0 Å². The first kappa shape index (κ1) is 15.0. The smallest absolute Gasteiger partial charge is 0.119 e. The van der Waals surface area contributed by atoms with Gasteiger partial charge in [-0.15, -0.1) is 11.3 Å². The molecular formula is C13H14Br2N2OS. The second-order valence-electron chi connectivity index (χ2n) is 4.01. The van der Waals surface area contributed by atoms with Crippen LogP contribution in [0.1, 0.15) is 16.5 Å². The molecule has 0 saturated heterocycles. The van der Waals surface area contributed by atoms with Crippen LogP contribution in [0.15, 0.2) is 38.6 Å². The lowest BCUT2D eigenvalue weighted by atomic mass is 10.0. The molecule has 0 radical (unpaired) electrons. The molecule has 6 heteroatoms. The molecule has 3 N–H and O–H groups in total. The molecular weight excluding hydrogens is 392 g/mol. The highest BCUT2D eigenvalue weighted by atomic mass is 79.9. The van der Waals surface area contributed by atoms with E-state index in [1.165, 1.54) is 4.88 Å². The summed E-state index contributed by atoms with van der Waals surface area (Å²) in [5.74, 6) is 6.54. The summed E-state index contributed by atoms with van der Waals surface area (Å²) >= 11 is 8.79. The molecule has 1 aromatic carbocycles. The molecule has 19 heavy (non-hydrogen) atoms. The lowest BCUT2D eigenvalue weighted by Gasteiger charge is -2.16. The number of nitrogens with one attached hydrogen (secondary N) is 1. The molecule has 1 aromatic heterocycles. The van der Waals surface area contributed by atoms with Gasteiger partial charge >= 0.3 is 0 Å². The Kier molecular flexibility index (Phi) is 5.41. The van der Waals surface area contributed by atoms with Gasteiger partial charge in [0.2, 0.25) is 0 Å². The fourth-order valence-electron chi connectivity index (χ4n) is 1.84. The van der Waals surface area contributed by atoms with Gasteiger partial charge in [-0.2, -0.15) is 0 Å². The minimum atomic E-state index is 0.0674. The van der Waals surface area contributed by atoms with E-state index in [4.69, 9.17) is 10.6 Å². The Bertz CT molecular complexity index is 559. The van der Waals surface area contributed by atoms with Crippen molar-refractivity contribution in [2.45, 2.75) is 12.5 Å². The summed E-state index contributed by atoms with van der Waals surface area (Å²) in [5, 5.41) is 2.05. The number of halogens is 2. The molecule has 0 fully saturated rings. The summed E-state index contributed by atoms with van der Waals surface area (Å²) in [4.78, 5) is 1.19. The van der Waals surface area contributed by atoms with Crippen molar-refractivity contribution in [1.82, 2.24) is 5.43 Å². The van der Waals surface area contributed by atoms with Crippen molar-refractivity contribution in [1.29, 1.82) is 0 Å². The van der Waals surface area contributed by atoms with Crippen molar-refractivity contribution in [2.24, 2.45) is 5.84 Å². The molecule has 0 aliphatic rings. The number of ether oxygens (including phenoxy) is 1. The van der Waals surface area contributed by atoms with Gasteiger partial charge in [-0.05, 0) is 57.6 Å². The number of benzene rings is 1. The van der Waals surface area contributed by atoms with Crippen molar-refractivity contribution in [3.8, 4) is 5.75 Å². The van der Waals surface area contributed by atoms with Crippen LogP contribution in [-0.4, -0.2) is 7.11 Å². The van der Waals surface area contributed by atoms with E-state index in [0.717, 1.165) is 26.7 Å². The highest BCUT2D eigenvalue weighted by Crippen LogP contribution is 2.33. The molecule has 3 nitrogen and oxygen atoms in total. The number of nitrogens with two attached hydrogens (primary N) is 1. The number of thiophene rings is 1. The Hall–Kier alpha value is -0.400. The summed E-state index contributed by atoms with van der Waals surface area (Å²) < 4.78 is 7.40. The first-order valence-corrected chi connectivity index (χ1v) is 8.13. The van der Waals surface area contributed by atoms with Crippen LogP contribution in [0, 0.1) is 0 Å². The Labute approximate surface area is 133 Å². The van der Waals surface area contributed by atoms with Crippen LogP contribution in [0.5, 0.6) is 5.75 Å². The van der Waals surface area contributed by atoms with Crippen molar-refractivity contribution < 1.29 is 4.74 Å². The summed E-state index contributed by atoms with van der Waals surface area (Å²) in [5.41, 5.74) is 4.03. The largest absolute Gasteiger partial charge is 0.497 e. The van der Waals surface area contributed by atoms with Gasteiger partial charge in [0.1, 0.15) is 5.75 Å². The predicted molar refractivity (Wildman–Crippen MR) is 86.5 cm³/mol. The van der Waals surface area contributed by atoms with Crippen LogP contribution in [0.3, 0.4) is 0 Å². The van der Waals surface area contributed by atoms with Gasteiger partial charge in [-0.25, -0.2) is 0 Å². The van der Waals surface area contributed by atoms with E-state index >= 15 is 0 Å². The van der Waals surface area contributed by atoms with Gasteiger partial charge in [-0.1, -0.05) is 15.9 Å². The van der Waals surface area contributed by atoms with Gasteiger partial charge < -0.3 is 4.74 Å². The zero-order valence-electron chi connectivity index (χ0n) is 10.3. The van der Waals surface area contributed by atoms with E-state index in [0.29, 0.717) is 0 Å². The lowest BCUT2D eigenvalue weighted by molar-refractivity contribution is 0.413. The summed E-state index contributed by atoms with van der Waals surface area (Å²) in [6.45, 7) is 0. The van der Waals surface area contributed by atoms with Crippen molar-refractivity contribution in [3.05, 3.63) is 49.0 Å². The van der Waals surface area contributed by atoms with E-state index < -0.39 is 0 Å². The van der Waals surface area contributed by atoms with Gasteiger partial charge in [-0.3, -0.25) is 11.3 Å². The maximum atomic E-state index is 5.69. The van der Waals surface area contributed by atoms with Gasteiger partial charge in [0.25, 0.3) is 0 Å². The van der Waals surface area contributed by atoms with Crippen molar-refractivity contribution in [2.75, 3.05) is 7.11 Å². The van der Waals surface area contributed by atoms with Crippen LogP contribution in [0.25, 0.3) is 0 Å². The molecule has 102 valence electrons. The quantitative estimate of drug-likeness (QED) is 0.583. The van der Waals surface area contributed by atoms with Gasteiger partial charge in [0.15, 0.2) is 0 Å². The van der Waals surface area contributed by atoms with Gasteiger partial charge in [0.05, 0.1) is 13.2 Å². The van der Waals surface area contributed by atoms with E-state index in [2.05, 4.69) is 37.3 Å². The summed E-state index contributed by atoms with van der Waals surface area (Å²) in [7, 11) is 1.67. The lowest BCUT2D eigenvalue weighted by Crippen LogP contribution is -2.29. The van der Waals surface area contributed by atoms with Crippen molar-refractivity contribution in [3.63, 3.8) is 0 Å². The predicted octanol–water partition coefficient (Wildman–Crippen LogP) is 4.03. The van der Waals surface area contributed by atoms with Crippen LogP contribution in [0.2, 0.25) is 0 Å². The first-order chi connectivity index (χ1) is 9.15. The second kappa shape index (κ2) is 6.85. The fourth-order valence-corrected chi connectivity index (χ4v) is 3.96. The molecule has 0 bridgehead atoms. The average Bonchev–Trinajstić information content (AvgIpc) is 2.84. The maximum Gasteiger partial charge on any atom is 0.119 e. The normalized spacial score (nSPS) is 12.4. The third kappa shape index (κ3) is 3.58. The second-order valence-corrected chi connectivity index (χ2v) is 6.67. The molecule has 0 saturated carbocycles. The number of hydrogen-bond donors (Lipinski definition) is 2. The number of hydrazine groups is 1. The molecule has 0 aliphatic carbocycles. The van der Waals surface area contributed by atoms with Crippen LogP contribution >= 0.6 is 43.2 Å². The monoisotopic (exact) mass is 404 g/mol. The zero-order chi connectivity index (χ0) is 13.8. The van der Waals surface area contributed by atoms with E-state index in [1.54, 1.807) is 18.4 Å². The molecule has 0 aliphatic heterocycles. The van der Waals surface area contributed by atoms with Crippen LogP contribution < -0.4 is 16.0 Å². The Morgan fingerprint density at radius 1 is 1.32 bits per heavy atom. The topological polar surface area (TPSA) is 47.3 Å². The molecule has 1 heterocycles. The number of rotatable bonds is 5. The third-order valence-electron chi connectivity index (χ3n) is 2.84. The van der Waals surface area contributed by atoms with Crippen molar-refractivity contribution >= 4 is 43.2 Å². The minimum absolute atomic E-state index is 0.0674. The molecule has 2 rings (SSSR count). The molecule has 1 unspecified atom stereocenters. The molecule has 0 amide bonds. The highest BCUT2D eigenvalue weighted by molar-refractivity contribution is 9.10. The van der Waals surface area contributed by atoms with E-state index in [9.17, 15) is 0 Å². The van der Waals surface area contributed by atoms with E-state index in [1.807, 2.05) is 29.6 Å². The third-order valence-corrected chi connectivity index (χ3v) is 5.60. The Balaban J connectivity index is 2.26. The SMILES string of the molecule is COc1ccc(Br)c(CC(NN)c2sccc2Br)c1. The minimum Gasteiger partial charge on any atom is -0.497 e.